The van der Waals surface area contributed by atoms with E-state index in [1.54, 1.807) is 12.1 Å². The van der Waals surface area contributed by atoms with Gasteiger partial charge in [0.1, 0.15) is 0 Å². The zero-order chi connectivity index (χ0) is 15.5. The van der Waals surface area contributed by atoms with Gasteiger partial charge in [0.25, 0.3) is 0 Å². The van der Waals surface area contributed by atoms with Gasteiger partial charge in [-0.3, -0.25) is 0 Å². The van der Waals surface area contributed by atoms with Crippen LogP contribution in [0.4, 0.5) is 13.2 Å². The maximum absolute atomic E-state index is 12.5. The van der Waals surface area contributed by atoms with Gasteiger partial charge in [-0.2, -0.15) is 18.3 Å². The maximum atomic E-state index is 12.5. The Morgan fingerprint density at radius 1 is 1.14 bits per heavy atom. The number of benzene rings is 1. The molecule has 0 aliphatic carbocycles. The second-order valence-electron chi connectivity index (χ2n) is 5.33. The summed E-state index contributed by atoms with van der Waals surface area (Å²) in [7, 11) is 0. The van der Waals surface area contributed by atoms with Gasteiger partial charge >= 0.3 is 6.18 Å². The van der Waals surface area contributed by atoms with E-state index in [9.17, 15) is 13.2 Å². The average Bonchev–Trinajstić information content (AvgIpc) is 2.88. The first-order chi connectivity index (χ1) is 9.86. The third-order valence-electron chi connectivity index (χ3n) is 2.96. The van der Waals surface area contributed by atoms with Crippen molar-refractivity contribution >= 4 is 0 Å². The first kappa shape index (κ1) is 15.6. The monoisotopic (exact) mass is 297 g/mol. The first-order valence-corrected chi connectivity index (χ1v) is 6.79. The van der Waals surface area contributed by atoms with Crippen LogP contribution in [0.3, 0.4) is 0 Å². The Morgan fingerprint density at radius 3 is 2.33 bits per heavy atom. The molecule has 3 nitrogen and oxygen atoms in total. The minimum absolute atomic E-state index is 0.578. The average molecular weight is 297 g/mol. The predicted octanol–water partition coefficient (Wildman–Crippen LogP) is 3.64. The molecule has 0 spiro atoms. The standard InChI is InChI=1S/C15H18F3N3/c1-11(2)9-19-10-12-3-5-13(6-4-12)21-8-7-14(20-21)15(16,17)18/h3-8,11,19H,9-10H2,1-2H3. The van der Waals surface area contributed by atoms with Gasteiger partial charge in [0.05, 0.1) is 5.69 Å². The summed E-state index contributed by atoms with van der Waals surface area (Å²) in [4.78, 5) is 0. The summed E-state index contributed by atoms with van der Waals surface area (Å²) in [6.07, 6.45) is -3.10. The molecular formula is C15H18F3N3. The van der Waals surface area contributed by atoms with Crippen LogP contribution in [0.5, 0.6) is 0 Å². The molecule has 0 fully saturated rings. The van der Waals surface area contributed by atoms with Crippen molar-refractivity contribution in [2.24, 2.45) is 5.92 Å². The summed E-state index contributed by atoms with van der Waals surface area (Å²) in [5, 5.41) is 6.86. The minimum Gasteiger partial charge on any atom is -0.312 e. The van der Waals surface area contributed by atoms with Crippen LogP contribution in [0.2, 0.25) is 0 Å². The summed E-state index contributed by atoms with van der Waals surface area (Å²) in [5.74, 6) is 0.578. The van der Waals surface area contributed by atoms with Crippen LogP contribution in [0.15, 0.2) is 36.5 Å². The zero-order valence-corrected chi connectivity index (χ0v) is 12.0. The molecule has 0 amide bonds. The molecule has 1 heterocycles. The summed E-state index contributed by atoms with van der Waals surface area (Å²) in [5.41, 5.74) is 0.811. The van der Waals surface area contributed by atoms with Crippen molar-refractivity contribution in [3.8, 4) is 5.69 Å². The highest BCUT2D eigenvalue weighted by Crippen LogP contribution is 2.27. The molecule has 2 aromatic rings. The van der Waals surface area contributed by atoms with Crippen molar-refractivity contribution in [2.75, 3.05) is 6.54 Å². The van der Waals surface area contributed by atoms with Gasteiger partial charge < -0.3 is 5.32 Å². The van der Waals surface area contributed by atoms with Gasteiger partial charge in [-0.1, -0.05) is 26.0 Å². The van der Waals surface area contributed by atoms with Gasteiger partial charge in [-0.05, 0) is 36.2 Å². The normalized spacial score (nSPS) is 12.1. The van der Waals surface area contributed by atoms with Gasteiger partial charge in [0.15, 0.2) is 5.69 Å². The Morgan fingerprint density at radius 2 is 1.81 bits per heavy atom. The van der Waals surface area contributed by atoms with Crippen molar-refractivity contribution in [2.45, 2.75) is 26.6 Å². The zero-order valence-electron chi connectivity index (χ0n) is 12.0. The third kappa shape index (κ3) is 4.32. The lowest BCUT2D eigenvalue weighted by molar-refractivity contribution is -0.141. The van der Waals surface area contributed by atoms with Crippen LogP contribution in [0.25, 0.3) is 5.69 Å². The van der Waals surface area contributed by atoms with Crippen molar-refractivity contribution in [3.63, 3.8) is 0 Å². The van der Waals surface area contributed by atoms with E-state index in [4.69, 9.17) is 0 Å². The second kappa shape index (κ2) is 6.30. The van der Waals surface area contributed by atoms with E-state index in [0.717, 1.165) is 24.7 Å². The number of nitrogens with one attached hydrogen (secondary N) is 1. The van der Waals surface area contributed by atoms with Crippen LogP contribution in [0.1, 0.15) is 25.1 Å². The van der Waals surface area contributed by atoms with Gasteiger partial charge in [0, 0.05) is 12.7 Å². The molecule has 0 aliphatic heterocycles. The van der Waals surface area contributed by atoms with E-state index >= 15 is 0 Å². The molecule has 0 atom stereocenters. The second-order valence-corrected chi connectivity index (χ2v) is 5.33. The summed E-state index contributed by atoms with van der Waals surface area (Å²) >= 11 is 0. The molecular weight excluding hydrogens is 279 g/mol. The number of hydrogen-bond acceptors (Lipinski definition) is 2. The lowest BCUT2D eigenvalue weighted by atomic mass is 10.2. The highest BCUT2D eigenvalue weighted by atomic mass is 19.4. The highest BCUT2D eigenvalue weighted by molar-refractivity contribution is 5.34. The fourth-order valence-corrected chi connectivity index (χ4v) is 1.89. The van der Waals surface area contributed by atoms with Crippen molar-refractivity contribution < 1.29 is 13.2 Å². The van der Waals surface area contributed by atoms with E-state index in [0.29, 0.717) is 11.6 Å². The Hall–Kier alpha value is -1.82. The first-order valence-electron chi connectivity index (χ1n) is 6.79. The fraction of sp³-hybridized carbons (Fsp3) is 0.400. The van der Waals surface area contributed by atoms with Crippen LogP contribution >= 0.6 is 0 Å². The molecule has 0 bridgehead atoms. The Labute approximate surface area is 121 Å². The summed E-state index contributed by atoms with van der Waals surface area (Å²) in [6, 6.07) is 8.27. The maximum Gasteiger partial charge on any atom is 0.435 e. The quantitative estimate of drug-likeness (QED) is 0.913. The molecule has 0 aliphatic rings. The van der Waals surface area contributed by atoms with Crippen LogP contribution in [-0.2, 0) is 12.7 Å². The lowest BCUT2D eigenvalue weighted by Gasteiger charge is -2.08. The van der Waals surface area contributed by atoms with Crippen molar-refractivity contribution in [3.05, 3.63) is 47.8 Å². The van der Waals surface area contributed by atoms with Crippen LogP contribution in [0, 0.1) is 5.92 Å². The Bertz CT molecular complexity index is 571. The predicted molar refractivity (Wildman–Crippen MR) is 75.1 cm³/mol. The van der Waals surface area contributed by atoms with E-state index in [1.165, 1.54) is 10.9 Å². The van der Waals surface area contributed by atoms with E-state index in [2.05, 4.69) is 24.3 Å². The Balaban J connectivity index is 2.03. The fourth-order valence-electron chi connectivity index (χ4n) is 1.89. The molecule has 1 N–H and O–H groups in total. The number of hydrogen-bond donors (Lipinski definition) is 1. The third-order valence-corrected chi connectivity index (χ3v) is 2.96. The van der Waals surface area contributed by atoms with Crippen molar-refractivity contribution in [1.82, 2.24) is 15.1 Å². The van der Waals surface area contributed by atoms with Crippen LogP contribution < -0.4 is 5.32 Å². The Kier molecular flexibility index (Phi) is 4.67. The molecule has 6 heteroatoms. The van der Waals surface area contributed by atoms with Gasteiger partial charge in [-0.25, -0.2) is 4.68 Å². The highest BCUT2D eigenvalue weighted by Gasteiger charge is 2.33. The summed E-state index contributed by atoms with van der Waals surface area (Å²) < 4.78 is 38.7. The molecule has 21 heavy (non-hydrogen) atoms. The molecule has 2 rings (SSSR count). The van der Waals surface area contributed by atoms with Gasteiger partial charge in [-0.15, -0.1) is 0 Å². The molecule has 0 unspecified atom stereocenters. The lowest BCUT2D eigenvalue weighted by Crippen LogP contribution is -2.18. The van der Waals surface area contributed by atoms with Crippen LogP contribution in [-0.4, -0.2) is 16.3 Å². The smallest absolute Gasteiger partial charge is 0.312 e. The molecule has 0 saturated heterocycles. The van der Waals surface area contributed by atoms with Crippen molar-refractivity contribution in [1.29, 1.82) is 0 Å². The summed E-state index contributed by atoms with van der Waals surface area (Å²) in [6.45, 7) is 5.93. The molecule has 0 saturated carbocycles. The SMILES string of the molecule is CC(C)CNCc1ccc(-n2ccc(C(F)(F)F)n2)cc1. The van der Waals surface area contributed by atoms with Gasteiger partial charge in [0.2, 0.25) is 0 Å². The number of halogens is 3. The molecule has 1 aromatic heterocycles. The topological polar surface area (TPSA) is 29.9 Å². The number of alkyl halides is 3. The number of nitrogens with zero attached hydrogens (tertiary/aromatic N) is 2. The molecule has 1 aromatic carbocycles. The van der Waals surface area contributed by atoms with E-state index < -0.39 is 11.9 Å². The number of aromatic nitrogens is 2. The number of rotatable bonds is 5. The van der Waals surface area contributed by atoms with E-state index in [1.807, 2.05) is 12.1 Å². The van der Waals surface area contributed by atoms with E-state index in [-0.39, 0.29) is 0 Å². The minimum atomic E-state index is -4.41. The molecule has 0 radical (unpaired) electrons. The molecule has 114 valence electrons. The largest absolute Gasteiger partial charge is 0.435 e.